The van der Waals surface area contributed by atoms with Gasteiger partial charge < -0.3 is 19.5 Å². The van der Waals surface area contributed by atoms with Crippen molar-refractivity contribution in [3.05, 3.63) is 50.5 Å². The van der Waals surface area contributed by atoms with E-state index in [1.54, 1.807) is 6.07 Å². The molecule has 10 nitrogen and oxygen atoms in total. The molecular weight excluding hydrogens is 478 g/mol. The Labute approximate surface area is 182 Å². The number of rotatable bonds is 3. The van der Waals surface area contributed by atoms with Crippen molar-refractivity contribution in [2.75, 3.05) is 18.4 Å². The highest BCUT2D eigenvalue weighted by molar-refractivity contribution is 9.10. The number of nitro groups is 1. The minimum Gasteiger partial charge on any atom is -0.454 e. The molecule has 0 bridgehead atoms. The van der Waals surface area contributed by atoms with Gasteiger partial charge in [0.1, 0.15) is 0 Å². The van der Waals surface area contributed by atoms with Crippen LogP contribution in [0.4, 0.5) is 11.4 Å². The number of thioether (sulfide) groups is 1. The summed E-state index contributed by atoms with van der Waals surface area (Å²) >= 11 is 4.77. The van der Waals surface area contributed by atoms with Crippen LogP contribution < -0.4 is 19.5 Å². The molecule has 152 valence electrons. The number of halogens is 1. The van der Waals surface area contributed by atoms with Crippen LogP contribution in [0.5, 0.6) is 17.4 Å². The van der Waals surface area contributed by atoms with Crippen LogP contribution in [0.15, 0.2) is 40.0 Å². The highest BCUT2D eigenvalue weighted by Gasteiger charge is 2.33. The first-order valence-electron chi connectivity index (χ1n) is 8.63. The average Bonchev–Trinajstić information content (AvgIpc) is 3.14. The molecule has 0 amide bonds. The molecule has 2 aromatic carbocycles. The Balaban J connectivity index is 1.70. The molecule has 2 aliphatic rings. The molecule has 0 spiro atoms. The van der Waals surface area contributed by atoms with Crippen molar-refractivity contribution in [3.63, 3.8) is 0 Å². The zero-order valence-corrected chi connectivity index (χ0v) is 17.7. The molecule has 0 unspecified atom stereocenters. The summed E-state index contributed by atoms with van der Waals surface area (Å²) in [6.07, 6.45) is 0.899. The molecular formula is C18H12BrN5O5S. The van der Waals surface area contributed by atoms with Gasteiger partial charge in [-0.2, -0.15) is 4.98 Å². The number of hydrogen-bond acceptors (Lipinski definition) is 10. The Bertz CT molecular complexity index is 1190. The van der Waals surface area contributed by atoms with Crippen molar-refractivity contribution in [1.29, 1.82) is 0 Å². The highest BCUT2D eigenvalue weighted by Crippen LogP contribution is 2.45. The first-order chi connectivity index (χ1) is 14.5. The molecule has 12 heteroatoms. The van der Waals surface area contributed by atoms with Gasteiger partial charge in [0.05, 0.1) is 16.6 Å². The fraction of sp³-hybridized carbons (Fsp3) is 0.167. The molecule has 2 aliphatic heterocycles. The first-order valence-corrected chi connectivity index (χ1v) is 10.6. The van der Waals surface area contributed by atoms with Crippen LogP contribution >= 0.6 is 27.7 Å². The number of fused-ring (bicyclic) bond motifs is 4. The van der Waals surface area contributed by atoms with Gasteiger partial charge in [-0.25, -0.2) is 0 Å². The minimum atomic E-state index is -0.924. The Morgan fingerprint density at radius 1 is 1.23 bits per heavy atom. The smallest absolute Gasteiger partial charge is 0.282 e. The van der Waals surface area contributed by atoms with Gasteiger partial charge in [0, 0.05) is 15.7 Å². The lowest BCUT2D eigenvalue weighted by Gasteiger charge is -2.19. The zero-order chi connectivity index (χ0) is 20.8. The fourth-order valence-electron chi connectivity index (χ4n) is 3.21. The Hall–Kier alpha value is -3.12. The summed E-state index contributed by atoms with van der Waals surface area (Å²) in [4.78, 5) is 15.7. The van der Waals surface area contributed by atoms with E-state index in [4.69, 9.17) is 14.2 Å². The third kappa shape index (κ3) is 3.17. The van der Waals surface area contributed by atoms with E-state index in [1.165, 1.54) is 17.8 Å². The first kappa shape index (κ1) is 18.9. The lowest BCUT2D eigenvalue weighted by molar-refractivity contribution is -0.386. The van der Waals surface area contributed by atoms with Gasteiger partial charge >= 0.3 is 0 Å². The number of nitro benzene ring substituents is 1. The summed E-state index contributed by atoms with van der Waals surface area (Å²) in [5, 5.41) is 23.8. The second-order valence-electron chi connectivity index (χ2n) is 6.31. The maximum Gasteiger partial charge on any atom is 0.282 e. The fourth-order valence-corrected chi connectivity index (χ4v) is 3.87. The van der Waals surface area contributed by atoms with E-state index >= 15 is 0 Å². The van der Waals surface area contributed by atoms with E-state index < -0.39 is 11.2 Å². The van der Waals surface area contributed by atoms with Crippen molar-refractivity contribution in [2.45, 2.75) is 11.4 Å². The van der Waals surface area contributed by atoms with Crippen molar-refractivity contribution in [2.24, 2.45) is 0 Å². The normalized spacial score (nSPS) is 16.0. The molecule has 5 rings (SSSR count). The molecule has 3 heterocycles. The van der Waals surface area contributed by atoms with Gasteiger partial charge in [-0.05, 0) is 30.5 Å². The van der Waals surface area contributed by atoms with E-state index in [1.807, 2.05) is 24.5 Å². The van der Waals surface area contributed by atoms with E-state index in [2.05, 4.69) is 36.4 Å². The maximum atomic E-state index is 11.8. The molecule has 1 aromatic heterocycles. The van der Waals surface area contributed by atoms with Gasteiger partial charge in [0.25, 0.3) is 5.69 Å². The lowest BCUT2D eigenvalue weighted by Crippen LogP contribution is -2.18. The Morgan fingerprint density at radius 3 is 2.80 bits per heavy atom. The largest absolute Gasteiger partial charge is 0.454 e. The SMILES string of the molecule is CSc1nnc2c(n1)O[C@@H](c1cc3c(cc1[N+](=O)[O-])OCO3)Nc1ccc(Br)cc1-2. The van der Waals surface area contributed by atoms with Crippen LogP contribution in [0.1, 0.15) is 11.8 Å². The van der Waals surface area contributed by atoms with Crippen LogP contribution in [0.3, 0.4) is 0 Å². The van der Waals surface area contributed by atoms with Crippen molar-refractivity contribution >= 4 is 39.1 Å². The second kappa shape index (κ2) is 7.29. The molecule has 1 N–H and O–H groups in total. The van der Waals surface area contributed by atoms with Crippen molar-refractivity contribution in [1.82, 2.24) is 15.2 Å². The van der Waals surface area contributed by atoms with Gasteiger partial charge in [0.15, 0.2) is 17.2 Å². The van der Waals surface area contributed by atoms with Gasteiger partial charge in [-0.3, -0.25) is 10.1 Å². The van der Waals surface area contributed by atoms with Gasteiger partial charge in [-0.1, -0.05) is 27.7 Å². The van der Waals surface area contributed by atoms with E-state index in [9.17, 15) is 10.1 Å². The molecule has 30 heavy (non-hydrogen) atoms. The van der Waals surface area contributed by atoms with Gasteiger partial charge in [0.2, 0.25) is 24.1 Å². The van der Waals surface area contributed by atoms with Crippen LogP contribution in [0.2, 0.25) is 0 Å². The molecule has 0 radical (unpaired) electrons. The summed E-state index contributed by atoms with van der Waals surface area (Å²) in [5.41, 5.74) is 1.92. The maximum absolute atomic E-state index is 11.8. The third-order valence-corrected chi connectivity index (χ3v) is 5.60. The predicted octanol–water partition coefficient (Wildman–Crippen LogP) is 4.16. The van der Waals surface area contributed by atoms with Crippen molar-refractivity contribution in [3.8, 4) is 28.6 Å². The van der Waals surface area contributed by atoms with Crippen LogP contribution in [-0.4, -0.2) is 33.2 Å². The highest BCUT2D eigenvalue weighted by atomic mass is 79.9. The standard InChI is InChI=1S/C18H12BrN5O5S/c1-30-18-21-17-15(22-23-18)9-4-8(19)2-3-11(9)20-16(29-17)10-5-13-14(28-7-27-13)6-12(10)24(25)26/h2-6,16,20H,7H2,1H3/t16-/m0/s1. The summed E-state index contributed by atoms with van der Waals surface area (Å²) in [6.45, 7) is 0.00279. The number of aromatic nitrogens is 3. The van der Waals surface area contributed by atoms with Crippen molar-refractivity contribution < 1.29 is 19.1 Å². The van der Waals surface area contributed by atoms with E-state index in [0.29, 0.717) is 33.6 Å². The monoisotopic (exact) mass is 489 g/mol. The summed E-state index contributed by atoms with van der Waals surface area (Å²) in [7, 11) is 0. The predicted molar refractivity (Wildman–Crippen MR) is 111 cm³/mol. The van der Waals surface area contributed by atoms with E-state index in [-0.39, 0.29) is 23.9 Å². The van der Waals surface area contributed by atoms with Gasteiger partial charge in [-0.15, -0.1) is 10.2 Å². The quantitative estimate of drug-likeness (QED) is 0.325. The average molecular weight is 490 g/mol. The number of hydrogen-bond donors (Lipinski definition) is 1. The Morgan fingerprint density at radius 2 is 2.03 bits per heavy atom. The molecule has 0 aliphatic carbocycles. The third-order valence-electron chi connectivity index (χ3n) is 4.57. The number of anilines is 1. The minimum absolute atomic E-state index is 0.00279. The zero-order valence-electron chi connectivity index (χ0n) is 15.3. The van der Waals surface area contributed by atoms with E-state index in [0.717, 1.165) is 4.47 Å². The van der Waals surface area contributed by atoms with Crippen LogP contribution in [0.25, 0.3) is 11.3 Å². The summed E-state index contributed by atoms with van der Waals surface area (Å²) < 4.78 is 17.6. The second-order valence-corrected chi connectivity index (χ2v) is 7.99. The molecule has 1 atom stereocenters. The van der Waals surface area contributed by atoms with Crippen LogP contribution in [0, 0.1) is 10.1 Å². The molecule has 3 aromatic rings. The summed E-state index contributed by atoms with van der Waals surface area (Å²) in [5.74, 6) is 0.945. The number of ether oxygens (including phenoxy) is 3. The molecule has 0 fully saturated rings. The topological polar surface area (TPSA) is 122 Å². The van der Waals surface area contributed by atoms with Crippen LogP contribution in [-0.2, 0) is 0 Å². The Kier molecular flexibility index (Phi) is 4.59. The number of nitrogens with one attached hydrogen (secondary N) is 1. The summed E-state index contributed by atoms with van der Waals surface area (Å²) in [6, 6.07) is 8.41. The molecule has 0 saturated heterocycles. The molecule has 0 saturated carbocycles. The number of nitrogens with zero attached hydrogens (tertiary/aromatic N) is 4. The lowest BCUT2D eigenvalue weighted by atomic mass is 10.1. The number of benzene rings is 2.